The number of aryl methyl sites for hydroxylation is 2. The summed E-state index contributed by atoms with van der Waals surface area (Å²) in [4.78, 5) is 16.6. The van der Waals surface area contributed by atoms with Crippen molar-refractivity contribution in [1.82, 2.24) is 19.7 Å². The van der Waals surface area contributed by atoms with Gasteiger partial charge in [-0.15, -0.1) is 10.2 Å². The predicted molar refractivity (Wildman–Crippen MR) is 98.6 cm³/mol. The minimum Gasteiger partial charge on any atom is -0.321 e. The Labute approximate surface area is 150 Å². The second-order valence-corrected chi connectivity index (χ2v) is 7.04. The number of anilines is 1. The highest BCUT2D eigenvalue weighted by molar-refractivity contribution is 7.99. The summed E-state index contributed by atoms with van der Waals surface area (Å²) >= 11 is 1.62. The van der Waals surface area contributed by atoms with Crippen LogP contribution in [-0.2, 0) is 7.05 Å². The van der Waals surface area contributed by atoms with Crippen LogP contribution in [0.25, 0.3) is 0 Å². The summed E-state index contributed by atoms with van der Waals surface area (Å²) in [6.45, 7) is 3.96. The van der Waals surface area contributed by atoms with E-state index in [2.05, 4.69) is 27.4 Å². The number of nitrogens with one attached hydrogen (secondary N) is 1. The molecule has 0 saturated heterocycles. The number of carbonyl (C=O) groups is 1. The number of thioether (sulfide) groups is 1. The van der Waals surface area contributed by atoms with Crippen molar-refractivity contribution >= 4 is 23.4 Å². The zero-order valence-electron chi connectivity index (χ0n) is 14.3. The molecule has 3 aromatic rings. The molecule has 7 heteroatoms. The van der Waals surface area contributed by atoms with Crippen molar-refractivity contribution < 1.29 is 4.79 Å². The Morgan fingerprint density at radius 1 is 1.24 bits per heavy atom. The van der Waals surface area contributed by atoms with Crippen LogP contribution in [0, 0.1) is 6.92 Å². The van der Waals surface area contributed by atoms with Gasteiger partial charge in [0.15, 0.2) is 5.16 Å². The van der Waals surface area contributed by atoms with E-state index in [1.807, 2.05) is 54.9 Å². The Morgan fingerprint density at radius 3 is 2.76 bits per heavy atom. The predicted octanol–water partition coefficient (Wildman–Crippen LogP) is 3.62. The molecule has 25 heavy (non-hydrogen) atoms. The molecule has 6 nitrogen and oxygen atoms in total. The zero-order valence-corrected chi connectivity index (χ0v) is 15.1. The first-order valence-corrected chi connectivity index (χ1v) is 8.76. The molecule has 1 atom stereocenters. The van der Waals surface area contributed by atoms with Gasteiger partial charge in [0.25, 0.3) is 5.91 Å². The van der Waals surface area contributed by atoms with Gasteiger partial charge >= 0.3 is 0 Å². The maximum Gasteiger partial charge on any atom is 0.274 e. The zero-order chi connectivity index (χ0) is 17.8. The highest BCUT2D eigenvalue weighted by Gasteiger charge is 2.13. The topological polar surface area (TPSA) is 72.7 Å². The van der Waals surface area contributed by atoms with Crippen LogP contribution in [-0.4, -0.2) is 25.7 Å². The Bertz CT molecular complexity index is 892. The lowest BCUT2D eigenvalue weighted by Crippen LogP contribution is -2.14. The van der Waals surface area contributed by atoms with E-state index in [1.54, 1.807) is 24.2 Å². The summed E-state index contributed by atoms with van der Waals surface area (Å²) in [5.41, 5.74) is 3.07. The molecule has 0 unspecified atom stereocenters. The Hall–Kier alpha value is -2.67. The number of carbonyl (C=O) groups excluding carboxylic acids is 1. The number of benzene rings is 1. The van der Waals surface area contributed by atoms with Gasteiger partial charge in [-0.3, -0.25) is 4.79 Å². The first kappa shape index (κ1) is 17.2. The van der Waals surface area contributed by atoms with Crippen LogP contribution in [0.1, 0.15) is 33.9 Å². The highest BCUT2D eigenvalue weighted by Crippen LogP contribution is 2.34. The molecule has 0 spiro atoms. The van der Waals surface area contributed by atoms with Crippen molar-refractivity contribution in [2.75, 3.05) is 5.32 Å². The van der Waals surface area contributed by atoms with Crippen molar-refractivity contribution in [3.63, 3.8) is 0 Å². The van der Waals surface area contributed by atoms with Gasteiger partial charge in [0.2, 0.25) is 0 Å². The average molecular weight is 353 g/mol. The molecule has 0 bridgehead atoms. The maximum atomic E-state index is 12.3. The third-order valence-corrected chi connectivity index (χ3v) is 4.89. The number of rotatable bonds is 5. The smallest absolute Gasteiger partial charge is 0.274 e. The molecule has 1 aromatic carbocycles. The lowest BCUT2D eigenvalue weighted by Gasteiger charge is -2.13. The van der Waals surface area contributed by atoms with Crippen molar-refractivity contribution in [3.05, 3.63) is 65.7 Å². The van der Waals surface area contributed by atoms with E-state index in [9.17, 15) is 4.79 Å². The second-order valence-electron chi connectivity index (χ2n) is 5.73. The minimum atomic E-state index is -0.213. The molecule has 3 rings (SSSR count). The molecular weight excluding hydrogens is 334 g/mol. The molecule has 0 fully saturated rings. The molecule has 2 aromatic heterocycles. The third-order valence-electron chi connectivity index (χ3n) is 3.69. The number of nitrogens with zero attached hydrogens (tertiary/aromatic N) is 4. The van der Waals surface area contributed by atoms with E-state index in [0.717, 1.165) is 22.1 Å². The fourth-order valence-corrected chi connectivity index (χ4v) is 3.25. The summed E-state index contributed by atoms with van der Waals surface area (Å²) in [6, 6.07) is 13.2. The number of hydrogen-bond acceptors (Lipinski definition) is 5. The largest absolute Gasteiger partial charge is 0.321 e. The van der Waals surface area contributed by atoms with Crippen LogP contribution < -0.4 is 5.32 Å². The Balaban J connectivity index is 1.73. The summed E-state index contributed by atoms with van der Waals surface area (Å²) in [7, 11) is 1.92. The molecule has 0 aliphatic heterocycles. The van der Waals surface area contributed by atoms with Gasteiger partial charge < -0.3 is 9.88 Å². The van der Waals surface area contributed by atoms with Crippen LogP contribution in [0.15, 0.2) is 53.9 Å². The third kappa shape index (κ3) is 4.24. The second kappa shape index (κ2) is 7.48. The van der Waals surface area contributed by atoms with Crippen molar-refractivity contribution in [1.29, 1.82) is 0 Å². The number of aromatic nitrogens is 4. The maximum absolute atomic E-state index is 12.3. The van der Waals surface area contributed by atoms with Crippen molar-refractivity contribution in [2.45, 2.75) is 24.3 Å². The fourth-order valence-electron chi connectivity index (χ4n) is 2.34. The molecule has 1 amide bonds. The van der Waals surface area contributed by atoms with Gasteiger partial charge in [-0.05, 0) is 43.7 Å². The van der Waals surface area contributed by atoms with E-state index in [1.165, 1.54) is 0 Å². The first-order valence-electron chi connectivity index (χ1n) is 7.88. The summed E-state index contributed by atoms with van der Waals surface area (Å²) in [6.07, 6.45) is 1.68. The van der Waals surface area contributed by atoms with Gasteiger partial charge in [0, 0.05) is 23.7 Å². The molecule has 1 N–H and O–H groups in total. The van der Waals surface area contributed by atoms with E-state index in [0.29, 0.717) is 5.69 Å². The van der Waals surface area contributed by atoms with Crippen LogP contribution in [0.4, 0.5) is 5.69 Å². The quantitative estimate of drug-likeness (QED) is 0.709. The van der Waals surface area contributed by atoms with Gasteiger partial charge in [0.05, 0.1) is 0 Å². The summed E-state index contributed by atoms with van der Waals surface area (Å²) < 4.78 is 1.89. The van der Waals surface area contributed by atoms with E-state index >= 15 is 0 Å². The molecule has 0 aliphatic carbocycles. The standard InChI is InChI=1S/C18H19N5OS/c1-12-6-4-9-16(20-12)17(24)21-15-8-5-7-14(10-15)13(2)25-18-22-19-11-23(18)3/h4-11,13H,1-3H3,(H,21,24)/t13-/m1/s1. The number of pyridine rings is 1. The lowest BCUT2D eigenvalue weighted by atomic mass is 10.1. The molecule has 0 saturated carbocycles. The minimum absolute atomic E-state index is 0.178. The van der Waals surface area contributed by atoms with Crippen LogP contribution in [0.2, 0.25) is 0 Å². The van der Waals surface area contributed by atoms with Crippen molar-refractivity contribution in [3.8, 4) is 0 Å². The summed E-state index contributed by atoms with van der Waals surface area (Å²) in [5, 5.41) is 11.9. The molecular formula is C18H19N5OS. The monoisotopic (exact) mass is 353 g/mol. The Morgan fingerprint density at radius 2 is 2.04 bits per heavy atom. The molecule has 0 aliphatic rings. The Kier molecular flexibility index (Phi) is 5.14. The molecule has 2 heterocycles. The number of amides is 1. The molecule has 128 valence electrons. The average Bonchev–Trinajstić information content (AvgIpc) is 3.00. The normalized spacial score (nSPS) is 12.0. The van der Waals surface area contributed by atoms with Crippen LogP contribution >= 0.6 is 11.8 Å². The van der Waals surface area contributed by atoms with Crippen LogP contribution in [0.3, 0.4) is 0 Å². The van der Waals surface area contributed by atoms with Gasteiger partial charge in [-0.2, -0.15) is 0 Å². The van der Waals surface area contributed by atoms with E-state index in [-0.39, 0.29) is 11.2 Å². The van der Waals surface area contributed by atoms with Gasteiger partial charge in [-0.25, -0.2) is 4.98 Å². The first-order chi connectivity index (χ1) is 12.0. The lowest BCUT2D eigenvalue weighted by molar-refractivity contribution is 0.102. The van der Waals surface area contributed by atoms with Gasteiger partial charge in [-0.1, -0.05) is 30.0 Å². The van der Waals surface area contributed by atoms with Crippen LogP contribution in [0.5, 0.6) is 0 Å². The number of hydrogen-bond donors (Lipinski definition) is 1. The van der Waals surface area contributed by atoms with Crippen molar-refractivity contribution in [2.24, 2.45) is 7.05 Å². The van der Waals surface area contributed by atoms with Gasteiger partial charge in [0.1, 0.15) is 12.0 Å². The summed E-state index contributed by atoms with van der Waals surface area (Å²) in [5.74, 6) is -0.213. The molecule has 0 radical (unpaired) electrons. The SMILES string of the molecule is Cc1cccc(C(=O)Nc2cccc([C@@H](C)Sc3nncn3C)c2)n1. The fraction of sp³-hybridized carbons (Fsp3) is 0.222. The van der Waals surface area contributed by atoms with E-state index < -0.39 is 0 Å². The highest BCUT2D eigenvalue weighted by atomic mass is 32.2. The van der Waals surface area contributed by atoms with E-state index in [4.69, 9.17) is 0 Å².